The minimum Gasteiger partial charge on any atom is -0.338 e. The average Bonchev–Trinajstić information content (AvgIpc) is 3.08. The second-order valence-electron chi connectivity index (χ2n) is 7.27. The van der Waals surface area contributed by atoms with Gasteiger partial charge in [0.2, 0.25) is 0 Å². The van der Waals surface area contributed by atoms with Gasteiger partial charge in [-0.1, -0.05) is 24.4 Å². The van der Waals surface area contributed by atoms with Gasteiger partial charge in [-0.2, -0.15) is 0 Å². The summed E-state index contributed by atoms with van der Waals surface area (Å²) in [5, 5.41) is 3.59. The molecule has 1 aliphatic heterocycles. The summed E-state index contributed by atoms with van der Waals surface area (Å²) >= 11 is 6.38. The molecule has 2 aliphatic rings. The van der Waals surface area contributed by atoms with E-state index in [0.29, 0.717) is 28.4 Å². The van der Waals surface area contributed by atoms with Crippen molar-refractivity contribution in [2.24, 2.45) is 5.92 Å². The van der Waals surface area contributed by atoms with Crippen LogP contribution >= 0.6 is 11.6 Å². The molecule has 26 heavy (non-hydrogen) atoms. The highest BCUT2D eigenvalue weighted by Gasteiger charge is 2.38. The van der Waals surface area contributed by atoms with Crippen molar-refractivity contribution in [3.63, 3.8) is 0 Å². The van der Waals surface area contributed by atoms with E-state index in [-0.39, 0.29) is 5.91 Å². The van der Waals surface area contributed by atoms with Gasteiger partial charge in [0.25, 0.3) is 5.91 Å². The number of anilines is 2. The second-order valence-corrected chi connectivity index (χ2v) is 7.67. The molecule has 5 nitrogen and oxygen atoms in total. The van der Waals surface area contributed by atoms with E-state index in [4.69, 9.17) is 11.6 Å². The summed E-state index contributed by atoms with van der Waals surface area (Å²) in [6, 6.07) is 5.96. The number of nitrogens with one attached hydrogen (secondary N) is 1. The molecule has 0 radical (unpaired) electrons. The lowest BCUT2D eigenvalue weighted by atomic mass is 9.85. The van der Waals surface area contributed by atoms with E-state index in [9.17, 15) is 4.79 Å². The van der Waals surface area contributed by atoms with Gasteiger partial charge in [0, 0.05) is 24.5 Å². The van der Waals surface area contributed by atoms with Gasteiger partial charge in [-0.25, -0.2) is 4.98 Å². The van der Waals surface area contributed by atoms with Crippen LogP contribution in [-0.2, 0) is 0 Å². The van der Waals surface area contributed by atoms with Crippen LogP contribution in [0.5, 0.6) is 0 Å². The normalized spacial score (nSPS) is 22.2. The number of carbonyl (C=O) groups is 1. The van der Waals surface area contributed by atoms with Crippen LogP contribution < -0.4 is 5.32 Å². The van der Waals surface area contributed by atoms with E-state index in [1.807, 2.05) is 24.0 Å². The zero-order chi connectivity index (χ0) is 18.1. The predicted octanol–water partition coefficient (Wildman–Crippen LogP) is 4.59. The molecular formula is C20H23ClN4O. The Bertz CT molecular complexity index is 808. The van der Waals surface area contributed by atoms with E-state index in [0.717, 1.165) is 30.8 Å². The van der Waals surface area contributed by atoms with E-state index >= 15 is 0 Å². The third-order valence-corrected chi connectivity index (χ3v) is 5.82. The molecule has 3 heterocycles. The number of carbonyl (C=O) groups excluding carboxylic acids is 1. The molecule has 2 atom stereocenters. The number of nitrogens with zero attached hydrogens (tertiary/aromatic N) is 3. The summed E-state index contributed by atoms with van der Waals surface area (Å²) in [7, 11) is 0. The topological polar surface area (TPSA) is 58.1 Å². The molecule has 1 amide bonds. The van der Waals surface area contributed by atoms with Gasteiger partial charge in [-0.3, -0.25) is 9.78 Å². The Morgan fingerprint density at radius 2 is 2.04 bits per heavy atom. The highest BCUT2D eigenvalue weighted by Crippen LogP contribution is 2.37. The number of likely N-dealkylation sites (tertiary alicyclic amines) is 1. The van der Waals surface area contributed by atoms with Crippen molar-refractivity contribution < 1.29 is 4.79 Å². The third kappa shape index (κ3) is 3.40. The van der Waals surface area contributed by atoms with Crippen LogP contribution in [0.2, 0.25) is 5.02 Å². The lowest BCUT2D eigenvalue weighted by Gasteiger charge is -2.31. The van der Waals surface area contributed by atoms with Crippen LogP contribution in [0.1, 0.15) is 48.2 Å². The number of hydrogen-bond acceptors (Lipinski definition) is 4. The number of rotatable bonds is 3. The Balaban J connectivity index is 1.50. The number of aryl methyl sites for hydroxylation is 1. The van der Waals surface area contributed by atoms with Crippen molar-refractivity contribution >= 4 is 29.0 Å². The number of pyridine rings is 2. The van der Waals surface area contributed by atoms with Crippen molar-refractivity contribution in [1.29, 1.82) is 0 Å². The minimum absolute atomic E-state index is 0.0531. The number of halogens is 1. The smallest absolute Gasteiger partial charge is 0.255 e. The monoisotopic (exact) mass is 370 g/mol. The SMILES string of the molecule is Cc1ccc(Nc2ncc(C(=O)N3CCC4CCCCC43)cc2Cl)cn1. The lowest BCUT2D eigenvalue weighted by Crippen LogP contribution is -2.39. The summed E-state index contributed by atoms with van der Waals surface area (Å²) in [6.07, 6.45) is 9.37. The molecule has 0 aromatic carbocycles. The van der Waals surface area contributed by atoms with Gasteiger partial charge >= 0.3 is 0 Å². The Morgan fingerprint density at radius 1 is 1.19 bits per heavy atom. The molecule has 0 bridgehead atoms. The molecular weight excluding hydrogens is 348 g/mol. The van der Waals surface area contributed by atoms with Gasteiger partial charge < -0.3 is 10.2 Å². The van der Waals surface area contributed by atoms with Gasteiger partial charge in [0.15, 0.2) is 0 Å². The first-order valence-corrected chi connectivity index (χ1v) is 9.66. The van der Waals surface area contributed by atoms with Crippen molar-refractivity contribution in [2.45, 2.75) is 45.1 Å². The average molecular weight is 371 g/mol. The number of hydrogen-bond donors (Lipinski definition) is 1. The molecule has 2 unspecified atom stereocenters. The first-order chi connectivity index (χ1) is 12.6. The molecule has 1 N–H and O–H groups in total. The van der Waals surface area contributed by atoms with Gasteiger partial charge in [0.05, 0.1) is 22.5 Å². The number of aromatic nitrogens is 2. The maximum atomic E-state index is 13.0. The first kappa shape index (κ1) is 17.3. The highest BCUT2D eigenvalue weighted by molar-refractivity contribution is 6.33. The van der Waals surface area contributed by atoms with Gasteiger partial charge in [-0.05, 0) is 50.3 Å². The molecule has 0 spiro atoms. The van der Waals surface area contributed by atoms with Crippen molar-refractivity contribution in [2.75, 3.05) is 11.9 Å². The molecule has 2 aromatic heterocycles. The zero-order valence-corrected chi connectivity index (χ0v) is 15.7. The standard InChI is InChI=1S/C20H23ClN4O/c1-13-6-7-16(12-22-13)24-19-17(21)10-15(11-23-19)20(26)25-9-8-14-4-2-3-5-18(14)25/h6-7,10-12,14,18H,2-5,8-9H2,1H3,(H,23,24). The Labute approximate surface area is 158 Å². The van der Waals surface area contributed by atoms with Crippen LogP contribution in [-0.4, -0.2) is 33.4 Å². The summed E-state index contributed by atoms with van der Waals surface area (Å²) in [5.74, 6) is 1.26. The van der Waals surface area contributed by atoms with Crippen LogP contribution in [0.4, 0.5) is 11.5 Å². The van der Waals surface area contributed by atoms with Crippen molar-refractivity contribution in [3.05, 3.63) is 46.9 Å². The van der Waals surface area contributed by atoms with E-state index in [1.165, 1.54) is 19.3 Å². The Morgan fingerprint density at radius 3 is 2.81 bits per heavy atom. The molecule has 136 valence electrons. The molecule has 2 fully saturated rings. The lowest BCUT2D eigenvalue weighted by molar-refractivity contribution is 0.0689. The fourth-order valence-corrected chi connectivity index (χ4v) is 4.36. The number of fused-ring (bicyclic) bond motifs is 1. The maximum Gasteiger partial charge on any atom is 0.255 e. The summed E-state index contributed by atoms with van der Waals surface area (Å²) in [5.41, 5.74) is 2.32. The Kier molecular flexibility index (Phi) is 4.81. The quantitative estimate of drug-likeness (QED) is 0.858. The van der Waals surface area contributed by atoms with Crippen molar-refractivity contribution in [1.82, 2.24) is 14.9 Å². The predicted molar refractivity (Wildman–Crippen MR) is 103 cm³/mol. The molecule has 4 rings (SSSR count). The van der Waals surface area contributed by atoms with E-state index in [1.54, 1.807) is 18.5 Å². The van der Waals surface area contributed by atoms with Crippen LogP contribution in [0.15, 0.2) is 30.6 Å². The van der Waals surface area contributed by atoms with Crippen LogP contribution in [0, 0.1) is 12.8 Å². The van der Waals surface area contributed by atoms with Crippen molar-refractivity contribution in [3.8, 4) is 0 Å². The highest BCUT2D eigenvalue weighted by atomic mass is 35.5. The summed E-state index contributed by atoms with van der Waals surface area (Å²) in [6.45, 7) is 2.78. The molecule has 1 saturated heterocycles. The minimum atomic E-state index is 0.0531. The Hall–Kier alpha value is -2.14. The van der Waals surface area contributed by atoms with Crippen LogP contribution in [0.25, 0.3) is 0 Å². The second kappa shape index (κ2) is 7.23. The molecule has 1 aliphatic carbocycles. The summed E-state index contributed by atoms with van der Waals surface area (Å²) in [4.78, 5) is 23.6. The zero-order valence-electron chi connectivity index (χ0n) is 14.9. The summed E-state index contributed by atoms with van der Waals surface area (Å²) < 4.78 is 0. The fraction of sp³-hybridized carbons (Fsp3) is 0.450. The van der Waals surface area contributed by atoms with Gasteiger partial charge in [-0.15, -0.1) is 0 Å². The molecule has 2 aromatic rings. The third-order valence-electron chi connectivity index (χ3n) is 5.53. The largest absolute Gasteiger partial charge is 0.338 e. The number of amides is 1. The van der Waals surface area contributed by atoms with Gasteiger partial charge in [0.1, 0.15) is 5.82 Å². The van der Waals surface area contributed by atoms with Crippen LogP contribution in [0.3, 0.4) is 0 Å². The molecule has 6 heteroatoms. The maximum absolute atomic E-state index is 13.0. The van der Waals surface area contributed by atoms with E-state index < -0.39 is 0 Å². The fourth-order valence-electron chi connectivity index (χ4n) is 4.15. The first-order valence-electron chi connectivity index (χ1n) is 9.28. The molecule has 1 saturated carbocycles. The van der Waals surface area contributed by atoms with E-state index in [2.05, 4.69) is 15.3 Å².